The van der Waals surface area contributed by atoms with Crippen LogP contribution in [0, 0.1) is 0 Å². The predicted molar refractivity (Wildman–Crippen MR) is 72.6 cm³/mol. The van der Waals surface area contributed by atoms with Crippen molar-refractivity contribution >= 4 is 21.9 Å². The fraction of sp³-hybridized carbons (Fsp3) is 0.333. The Morgan fingerprint density at radius 3 is 2.35 bits per heavy atom. The highest BCUT2D eigenvalue weighted by molar-refractivity contribution is 7.88. The van der Waals surface area contributed by atoms with Gasteiger partial charge in [0, 0.05) is 6.42 Å². The minimum atomic E-state index is -3.49. The largest absolute Gasteiger partial charge is 0.480 e. The smallest absolute Gasteiger partial charge is 0.326 e. The maximum absolute atomic E-state index is 11.5. The standard InChI is InChI=1S/C12H16N2O5S/c1-20(18,19)13-8-11(15)14-10(12(16)17)7-9-5-3-2-4-6-9/h2-6,10,13H,7-8H2,1H3,(H,14,15)(H,16,17)/t10-/m0/s1. The predicted octanol–water partition coefficient (Wildman–Crippen LogP) is -0.652. The molecule has 0 aromatic heterocycles. The highest BCUT2D eigenvalue weighted by atomic mass is 32.2. The summed E-state index contributed by atoms with van der Waals surface area (Å²) in [5.74, 6) is -1.87. The molecule has 0 spiro atoms. The van der Waals surface area contributed by atoms with Crippen molar-refractivity contribution in [1.82, 2.24) is 10.0 Å². The first kappa shape index (κ1) is 16.1. The molecular formula is C12H16N2O5S. The van der Waals surface area contributed by atoms with Crippen LogP contribution in [0.4, 0.5) is 0 Å². The number of amides is 1. The molecule has 20 heavy (non-hydrogen) atoms. The van der Waals surface area contributed by atoms with Crippen molar-refractivity contribution < 1.29 is 23.1 Å². The van der Waals surface area contributed by atoms with Gasteiger partial charge in [0.05, 0.1) is 12.8 Å². The van der Waals surface area contributed by atoms with Gasteiger partial charge in [-0.2, -0.15) is 0 Å². The molecule has 3 N–H and O–H groups in total. The van der Waals surface area contributed by atoms with Gasteiger partial charge in [-0.3, -0.25) is 4.79 Å². The zero-order chi connectivity index (χ0) is 15.2. The molecule has 0 aliphatic rings. The van der Waals surface area contributed by atoms with E-state index in [0.717, 1.165) is 11.8 Å². The van der Waals surface area contributed by atoms with Gasteiger partial charge in [-0.1, -0.05) is 30.3 Å². The summed E-state index contributed by atoms with van der Waals surface area (Å²) in [6.45, 7) is -0.489. The number of hydrogen-bond donors (Lipinski definition) is 3. The van der Waals surface area contributed by atoms with E-state index in [1.165, 1.54) is 0 Å². The monoisotopic (exact) mass is 300 g/mol. The number of hydrogen-bond acceptors (Lipinski definition) is 4. The van der Waals surface area contributed by atoms with Gasteiger partial charge in [-0.05, 0) is 5.56 Å². The number of aliphatic carboxylic acids is 1. The third-order valence-corrected chi connectivity index (χ3v) is 3.08. The van der Waals surface area contributed by atoms with Crippen molar-refractivity contribution in [2.75, 3.05) is 12.8 Å². The molecule has 0 heterocycles. The van der Waals surface area contributed by atoms with Gasteiger partial charge in [0.2, 0.25) is 15.9 Å². The lowest BCUT2D eigenvalue weighted by Crippen LogP contribution is -2.46. The van der Waals surface area contributed by atoms with E-state index in [9.17, 15) is 18.0 Å². The fourth-order valence-corrected chi connectivity index (χ4v) is 1.89. The number of nitrogens with one attached hydrogen (secondary N) is 2. The molecule has 1 amide bonds. The number of sulfonamides is 1. The Labute approximate surface area is 117 Å². The molecular weight excluding hydrogens is 284 g/mol. The number of carbonyl (C=O) groups is 2. The molecule has 0 bridgehead atoms. The summed E-state index contributed by atoms with van der Waals surface area (Å²) >= 11 is 0. The van der Waals surface area contributed by atoms with E-state index in [1.54, 1.807) is 30.3 Å². The fourth-order valence-electron chi connectivity index (χ4n) is 1.49. The second kappa shape index (κ2) is 7.01. The Morgan fingerprint density at radius 2 is 1.85 bits per heavy atom. The van der Waals surface area contributed by atoms with Gasteiger partial charge in [0.25, 0.3) is 0 Å². The van der Waals surface area contributed by atoms with E-state index in [-0.39, 0.29) is 6.42 Å². The molecule has 0 saturated carbocycles. The van der Waals surface area contributed by atoms with Crippen LogP contribution in [-0.4, -0.2) is 44.2 Å². The quantitative estimate of drug-likeness (QED) is 0.619. The Morgan fingerprint density at radius 1 is 1.25 bits per heavy atom. The van der Waals surface area contributed by atoms with Crippen LogP contribution < -0.4 is 10.0 Å². The summed E-state index contributed by atoms with van der Waals surface area (Å²) in [5.41, 5.74) is 0.760. The minimum absolute atomic E-state index is 0.126. The molecule has 0 saturated heterocycles. The number of carboxylic acids is 1. The molecule has 8 heteroatoms. The average Bonchev–Trinajstić information content (AvgIpc) is 2.36. The Balaban J connectivity index is 2.59. The molecule has 0 aliphatic carbocycles. The number of carboxylic acid groups (broad SMARTS) is 1. The van der Waals surface area contributed by atoms with E-state index in [4.69, 9.17) is 5.11 Å². The maximum Gasteiger partial charge on any atom is 0.326 e. The van der Waals surface area contributed by atoms with E-state index < -0.39 is 34.5 Å². The average molecular weight is 300 g/mol. The number of rotatable bonds is 7. The summed E-state index contributed by atoms with van der Waals surface area (Å²) in [4.78, 5) is 22.6. The lowest BCUT2D eigenvalue weighted by atomic mass is 10.1. The van der Waals surface area contributed by atoms with Crippen molar-refractivity contribution in [2.45, 2.75) is 12.5 Å². The lowest BCUT2D eigenvalue weighted by molar-refractivity contribution is -0.141. The highest BCUT2D eigenvalue weighted by Crippen LogP contribution is 2.03. The maximum atomic E-state index is 11.5. The molecule has 0 aliphatic heterocycles. The van der Waals surface area contributed by atoms with Gasteiger partial charge in [-0.15, -0.1) is 0 Å². The number of carbonyl (C=O) groups excluding carboxylic acids is 1. The van der Waals surface area contributed by atoms with Crippen LogP contribution in [0.5, 0.6) is 0 Å². The van der Waals surface area contributed by atoms with Crippen LogP contribution in [0.15, 0.2) is 30.3 Å². The number of benzene rings is 1. The third-order valence-electron chi connectivity index (χ3n) is 2.41. The van der Waals surface area contributed by atoms with Crippen molar-refractivity contribution in [3.8, 4) is 0 Å². The zero-order valence-corrected chi connectivity index (χ0v) is 11.7. The van der Waals surface area contributed by atoms with Crippen molar-refractivity contribution in [3.05, 3.63) is 35.9 Å². The van der Waals surface area contributed by atoms with Gasteiger partial charge in [0.1, 0.15) is 6.04 Å². The van der Waals surface area contributed by atoms with Gasteiger partial charge >= 0.3 is 5.97 Å². The summed E-state index contributed by atoms with van der Waals surface area (Å²) in [6.07, 6.45) is 1.04. The van der Waals surface area contributed by atoms with Crippen LogP contribution >= 0.6 is 0 Å². The third kappa shape index (κ3) is 6.30. The van der Waals surface area contributed by atoms with E-state index in [1.807, 2.05) is 4.72 Å². The minimum Gasteiger partial charge on any atom is -0.480 e. The van der Waals surface area contributed by atoms with E-state index in [0.29, 0.717) is 0 Å². The lowest BCUT2D eigenvalue weighted by Gasteiger charge is -2.14. The summed E-state index contributed by atoms with van der Waals surface area (Å²) < 4.78 is 23.7. The first-order valence-corrected chi connectivity index (χ1v) is 7.68. The SMILES string of the molecule is CS(=O)(=O)NCC(=O)N[C@@H](Cc1ccccc1)C(=O)O. The van der Waals surface area contributed by atoms with Crippen LogP contribution in [0.3, 0.4) is 0 Å². The summed E-state index contributed by atoms with van der Waals surface area (Å²) in [6, 6.07) is 7.72. The molecule has 7 nitrogen and oxygen atoms in total. The van der Waals surface area contributed by atoms with Gasteiger partial charge in [-0.25, -0.2) is 17.9 Å². The van der Waals surface area contributed by atoms with E-state index >= 15 is 0 Å². The Bertz CT molecular complexity index is 571. The first-order chi connectivity index (χ1) is 9.28. The van der Waals surface area contributed by atoms with Crippen LogP contribution in [0.2, 0.25) is 0 Å². The van der Waals surface area contributed by atoms with E-state index in [2.05, 4.69) is 5.32 Å². The summed E-state index contributed by atoms with van der Waals surface area (Å²) in [5, 5.41) is 11.3. The molecule has 0 unspecified atom stereocenters. The second-order valence-electron chi connectivity index (χ2n) is 4.24. The summed E-state index contributed by atoms with van der Waals surface area (Å²) in [7, 11) is -3.49. The highest BCUT2D eigenvalue weighted by Gasteiger charge is 2.20. The Kier molecular flexibility index (Phi) is 5.66. The van der Waals surface area contributed by atoms with Crippen LogP contribution in [0.25, 0.3) is 0 Å². The second-order valence-corrected chi connectivity index (χ2v) is 6.07. The first-order valence-electron chi connectivity index (χ1n) is 5.78. The molecule has 110 valence electrons. The van der Waals surface area contributed by atoms with Crippen LogP contribution in [0.1, 0.15) is 5.56 Å². The topological polar surface area (TPSA) is 113 Å². The van der Waals surface area contributed by atoms with Crippen LogP contribution in [-0.2, 0) is 26.0 Å². The van der Waals surface area contributed by atoms with Crippen molar-refractivity contribution in [1.29, 1.82) is 0 Å². The molecule has 1 aromatic carbocycles. The van der Waals surface area contributed by atoms with Crippen molar-refractivity contribution in [2.24, 2.45) is 0 Å². The normalized spacial score (nSPS) is 12.7. The molecule has 0 radical (unpaired) electrons. The molecule has 1 atom stereocenters. The molecule has 1 aromatic rings. The van der Waals surface area contributed by atoms with Gasteiger partial charge in [0.15, 0.2) is 0 Å². The van der Waals surface area contributed by atoms with Crippen molar-refractivity contribution in [3.63, 3.8) is 0 Å². The Hall–Kier alpha value is -1.93. The van der Waals surface area contributed by atoms with Gasteiger partial charge < -0.3 is 10.4 Å². The molecule has 0 fully saturated rings. The zero-order valence-electron chi connectivity index (χ0n) is 10.9. The molecule has 1 rings (SSSR count).